The Morgan fingerprint density at radius 2 is 1.93 bits per heavy atom. The van der Waals surface area contributed by atoms with E-state index in [1.165, 1.54) is 0 Å². The highest BCUT2D eigenvalue weighted by atomic mass is 16.5. The van der Waals surface area contributed by atoms with Crippen LogP contribution in [-0.4, -0.2) is 24.0 Å². The van der Waals surface area contributed by atoms with Crippen LogP contribution >= 0.6 is 0 Å². The van der Waals surface area contributed by atoms with E-state index in [0.717, 1.165) is 47.6 Å². The molecule has 4 aromatic rings. The summed E-state index contributed by atoms with van der Waals surface area (Å²) in [5.74, 6) is 1.37. The van der Waals surface area contributed by atoms with Crippen molar-refractivity contribution in [1.29, 1.82) is 0 Å². The van der Waals surface area contributed by atoms with Crippen molar-refractivity contribution in [3.8, 4) is 17.2 Å². The van der Waals surface area contributed by atoms with Gasteiger partial charge in [-0.05, 0) is 38.0 Å². The van der Waals surface area contributed by atoms with Crippen LogP contribution in [-0.2, 0) is 0 Å². The number of rotatable bonds is 4. The largest absolute Gasteiger partial charge is 0.493 e. The van der Waals surface area contributed by atoms with Crippen molar-refractivity contribution in [3.63, 3.8) is 0 Å². The smallest absolute Gasteiger partial charge is 0.273 e. The fourth-order valence-corrected chi connectivity index (χ4v) is 4.19. The van der Waals surface area contributed by atoms with E-state index in [2.05, 4.69) is 10.3 Å². The third-order valence-electron chi connectivity index (χ3n) is 5.64. The lowest BCUT2D eigenvalue weighted by atomic mass is 10.1. The van der Waals surface area contributed by atoms with E-state index in [0.29, 0.717) is 28.7 Å². The van der Waals surface area contributed by atoms with Crippen molar-refractivity contribution in [3.05, 3.63) is 47.9 Å². The lowest BCUT2D eigenvalue weighted by Crippen LogP contribution is -2.33. The van der Waals surface area contributed by atoms with E-state index >= 15 is 0 Å². The average molecular weight is 390 g/mol. The highest BCUT2D eigenvalue weighted by Gasteiger charge is 2.25. The van der Waals surface area contributed by atoms with E-state index in [9.17, 15) is 4.79 Å². The minimum Gasteiger partial charge on any atom is -0.493 e. The van der Waals surface area contributed by atoms with Gasteiger partial charge in [-0.1, -0.05) is 31.0 Å². The number of amides is 1. The lowest BCUT2D eigenvalue weighted by molar-refractivity contribution is 0.0932. The van der Waals surface area contributed by atoms with E-state index in [1.54, 1.807) is 14.0 Å². The van der Waals surface area contributed by atoms with Crippen molar-refractivity contribution >= 4 is 27.8 Å². The number of benzene rings is 2. The Bertz CT molecular complexity index is 1210. The summed E-state index contributed by atoms with van der Waals surface area (Å²) < 4.78 is 17.4. The molecule has 148 valence electrons. The highest BCUT2D eigenvalue weighted by Crippen LogP contribution is 2.41. The van der Waals surface area contributed by atoms with Gasteiger partial charge in [-0.3, -0.25) is 4.79 Å². The van der Waals surface area contributed by atoms with Gasteiger partial charge in [-0.15, -0.1) is 0 Å². The number of aromatic nitrogens is 1. The Hall–Kier alpha value is -3.28. The number of ether oxygens (including phenoxy) is 1. The summed E-state index contributed by atoms with van der Waals surface area (Å²) in [4.78, 5) is 17.3. The first-order valence-corrected chi connectivity index (χ1v) is 9.92. The van der Waals surface area contributed by atoms with Crippen molar-refractivity contribution in [2.45, 2.75) is 38.6 Å². The molecule has 1 saturated carbocycles. The van der Waals surface area contributed by atoms with Gasteiger partial charge in [0.25, 0.3) is 5.91 Å². The zero-order chi connectivity index (χ0) is 20.0. The van der Waals surface area contributed by atoms with Crippen LogP contribution in [0.4, 0.5) is 0 Å². The molecule has 0 spiro atoms. The topological polar surface area (TPSA) is 77.5 Å². The summed E-state index contributed by atoms with van der Waals surface area (Å²) in [6.45, 7) is 1.77. The van der Waals surface area contributed by atoms with Crippen LogP contribution in [0, 0.1) is 6.92 Å². The Kier molecular flexibility index (Phi) is 4.27. The molecule has 29 heavy (non-hydrogen) atoms. The Morgan fingerprint density at radius 3 is 2.72 bits per heavy atom. The molecule has 5 rings (SSSR count). The van der Waals surface area contributed by atoms with E-state index in [1.807, 2.05) is 36.4 Å². The van der Waals surface area contributed by atoms with Crippen LogP contribution in [0.2, 0.25) is 0 Å². The molecular formula is C23H22N2O4. The van der Waals surface area contributed by atoms with E-state index in [-0.39, 0.29) is 11.9 Å². The van der Waals surface area contributed by atoms with Crippen LogP contribution in [0.3, 0.4) is 0 Å². The molecule has 2 heterocycles. The maximum atomic E-state index is 12.7. The standard InChI is InChI=1S/C23H22N2O4/c1-13-20(22(26)24-14-7-3-4-8-14)25-23(28-13)16-11-12-18(27-2)21-19(16)15-9-5-6-10-17(15)29-21/h5-6,9-12,14H,3-4,7-8H2,1-2H3,(H,24,26). The summed E-state index contributed by atoms with van der Waals surface area (Å²) in [6, 6.07) is 11.8. The molecule has 0 atom stereocenters. The molecule has 1 aliphatic carbocycles. The molecule has 0 aliphatic heterocycles. The Morgan fingerprint density at radius 1 is 1.14 bits per heavy atom. The SMILES string of the molecule is COc1ccc(-c2nc(C(=O)NC3CCCC3)c(C)o2)c2c1oc1ccccc12. The van der Waals surface area contributed by atoms with Gasteiger partial charge in [0.1, 0.15) is 11.3 Å². The number of aryl methyl sites for hydroxylation is 1. The number of carbonyl (C=O) groups is 1. The van der Waals surface area contributed by atoms with Crippen LogP contribution in [0.1, 0.15) is 41.9 Å². The van der Waals surface area contributed by atoms with Crippen molar-refractivity contribution < 1.29 is 18.4 Å². The van der Waals surface area contributed by atoms with E-state index < -0.39 is 0 Å². The van der Waals surface area contributed by atoms with Crippen LogP contribution < -0.4 is 10.1 Å². The van der Waals surface area contributed by atoms with Gasteiger partial charge < -0.3 is 18.9 Å². The first kappa shape index (κ1) is 17.8. The molecular weight excluding hydrogens is 368 g/mol. The predicted octanol–water partition coefficient (Wildman–Crippen LogP) is 5.23. The number of fused-ring (bicyclic) bond motifs is 3. The Labute approximate surface area is 167 Å². The minimum absolute atomic E-state index is 0.175. The molecule has 1 amide bonds. The number of para-hydroxylation sites is 1. The number of methoxy groups -OCH3 is 1. The van der Waals surface area contributed by atoms with Gasteiger partial charge in [-0.2, -0.15) is 0 Å². The third kappa shape index (κ3) is 2.95. The average Bonchev–Trinajstić information content (AvgIpc) is 3.45. The van der Waals surface area contributed by atoms with Gasteiger partial charge in [0.15, 0.2) is 17.0 Å². The number of hydrogen-bond donors (Lipinski definition) is 1. The second-order valence-corrected chi connectivity index (χ2v) is 7.50. The first-order valence-electron chi connectivity index (χ1n) is 9.92. The predicted molar refractivity (Wildman–Crippen MR) is 110 cm³/mol. The fourth-order valence-electron chi connectivity index (χ4n) is 4.19. The fraction of sp³-hybridized carbons (Fsp3) is 0.304. The second-order valence-electron chi connectivity index (χ2n) is 7.50. The monoisotopic (exact) mass is 390 g/mol. The number of furan rings is 1. The molecule has 0 bridgehead atoms. The molecule has 2 aromatic heterocycles. The molecule has 0 radical (unpaired) electrons. The molecule has 2 aromatic carbocycles. The molecule has 0 saturated heterocycles. The maximum Gasteiger partial charge on any atom is 0.273 e. The zero-order valence-electron chi connectivity index (χ0n) is 16.5. The molecule has 6 nitrogen and oxygen atoms in total. The summed E-state index contributed by atoms with van der Waals surface area (Å²) in [6.07, 6.45) is 4.36. The number of oxazole rings is 1. The zero-order valence-corrected chi connectivity index (χ0v) is 16.5. The van der Waals surface area contributed by atoms with Gasteiger partial charge in [0, 0.05) is 22.4 Å². The minimum atomic E-state index is -0.175. The summed E-state index contributed by atoms with van der Waals surface area (Å²) in [7, 11) is 1.61. The lowest BCUT2D eigenvalue weighted by Gasteiger charge is -2.10. The van der Waals surface area contributed by atoms with E-state index in [4.69, 9.17) is 13.6 Å². The summed E-state index contributed by atoms with van der Waals surface area (Å²) >= 11 is 0. The highest BCUT2D eigenvalue weighted by molar-refractivity contribution is 6.13. The first-order chi connectivity index (χ1) is 14.2. The van der Waals surface area contributed by atoms with Crippen molar-refractivity contribution in [2.24, 2.45) is 0 Å². The molecule has 6 heteroatoms. The van der Waals surface area contributed by atoms with Gasteiger partial charge in [-0.25, -0.2) is 4.98 Å². The summed E-state index contributed by atoms with van der Waals surface area (Å²) in [5, 5.41) is 4.89. The van der Waals surface area contributed by atoms with Gasteiger partial charge in [0.2, 0.25) is 5.89 Å². The molecule has 1 fully saturated rings. The number of hydrogen-bond acceptors (Lipinski definition) is 5. The quantitative estimate of drug-likeness (QED) is 0.516. The molecule has 1 N–H and O–H groups in total. The Balaban J connectivity index is 1.62. The molecule has 0 unspecified atom stereocenters. The number of nitrogens with zero attached hydrogens (tertiary/aromatic N) is 1. The van der Waals surface area contributed by atoms with Gasteiger partial charge >= 0.3 is 0 Å². The second kappa shape index (κ2) is 6.95. The van der Waals surface area contributed by atoms with Crippen LogP contribution in [0.15, 0.2) is 45.2 Å². The maximum absolute atomic E-state index is 12.7. The normalized spacial score (nSPS) is 14.7. The van der Waals surface area contributed by atoms with Crippen LogP contribution in [0.25, 0.3) is 33.4 Å². The van der Waals surface area contributed by atoms with Crippen LogP contribution in [0.5, 0.6) is 5.75 Å². The summed E-state index contributed by atoms with van der Waals surface area (Å²) in [5.41, 5.74) is 2.51. The van der Waals surface area contributed by atoms with Crippen molar-refractivity contribution in [1.82, 2.24) is 10.3 Å². The number of carbonyl (C=O) groups excluding carboxylic acids is 1. The van der Waals surface area contributed by atoms with Gasteiger partial charge in [0.05, 0.1) is 7.11 Å². The third-order valence-corrected chi connectivity index (χ3v) is 5.64. The molecule has 1 aliphatic rings. The number of nitrogens with one attached hydrogen (secondary N) is 1. The van der Waals surface area contributed by atoms with Crippen molar-refractivity contribution in [2.75, 3.05) is 7.11 Å².